The first-order valence-electron chi connectivity index (χ1n) is 5.79. The quantitative estimate of drug-likeness (QED) is 0.826. The highest BCUT2D eigenvalue weighted by Crippen LogP contribution is 2.22. The fourth-order valence-electron chi connectivity index (χ4n) is 1.58. The zero-order chi connectivity index (χ0) is 12.8. The van der Waals surface area contributed by atoms with Crippen LogP contribution in [0.15, 0.2) is 24.3 Å². The SMILES string of the molecule is CC(C)CC[C@@H](N)c1ccc(OC(F)F)cc1. The number of alkyl halides is 2. The number of benzene rings is 1. The first kappa shape index (κ1) is 13.9. The highest BCUT2D eigenvalue weighted by atomic mass is 19.3. The van der Waals surface area contributed by atoms with E-state index in [2.05, 4.69) is 18.6 Å². The molecule has 0 amide bonds. The van der Waals surface area contributed by atoms with E-state index in [1.165, 1.54) is 12.1 Å². The van der Waals surface area contributed by atoms with Crippen molar-refractivity contribution in [1.82, 2.24) is 0 Å². The monoisotopic (exact) mass is 243 g/mol. The lowest BCUT2D eigenvalue weighted by atomic mass is 9.98. The Kier molecular flexibility index (Phi) is 5.35. The van der Waals surface area contributed by atoms with Gasteiger partial charge in [0.05, 0.1) is 0 Å². The highest BCUT2D eigenvalue weighted by Gasteiger charge is 2.08. The Balaban J connectivity index is 2.54. The van der Waals surface area contributed by atoms with Crippen LogP contribution in [0.1, 0.15) is 38.3 Å². The summed E-state index contributed by atoms with van der Waals surface area (Å²) >= 11 is 0. The van der Waals surface area contributed by atoms with Crippen LogP contribution in [0.3, 0.4) is 0 Å². The third kappa shape index (κ3) is 5.13. The predicted molar refractivity (Wildman–Crippen MR) is 64.1 cm³/mol. The van der Waals surface area contributed by atoms with Gasteiger partial charge in [-0.1, -0.05) is 26.0 Å². The summed E-state index contributed by atoms with van der Waals surface area (Å²) in [5, 5.41) is 0. The van der Waals surface area contributed by atoms with Crippen LogP contribution in [0.2, 0.25) is 0 Å². The number of ether oxygens (including phenoxy) is 1. The second-order valence-electron chi connectivity index (χ2n) is 4.53. The normalized spacial score (nSPS) is 13.1. The minimum Gasteiger partial charge on any atom is -0.435 e. The van der Waals surface area contributed by atoms with Gasteiger partial charge in [0, 0.05) is 6.04 Å². The molecule has 0 aromatic heterocycles. The van der Waals surface area contributed by atoms with E-state index in [-0.39, 0.29) is 11.8 Å². The van der Waals surface area contributed by atoms with Gasteiger partial charge in [-0.15, -0.1) is 0 Å². The van der Waals surface area contributed by atoms with E-state index in [0.717, 1.165) is 18.4 Å². The molecule has 2 nitrogen and oxygen atoms in total. The molecular formula is C13H19F2NO. The van der Waals surface area contributed by atoms with Crippen LogP contribution in [0.5, 0.6) is 5.75 Å². The molecule has 0 heterocycles. The van der Waals surface area contributed by atoms with Crippen molar-refractivity contribution in [1.29, 1.82) is 0 Å². The maximum atomic E-state index is 11.9. The fraction of sp³-hybridized carbons (Fsp3) is 0.538. The molecule has 1 aromatic carbocycles. The van der Waals surface area contributed by atoms with Gasteiger partial charge in [-0.25, -0.2) is 0 Å². The lowest BCUT2D eigenvalue weighted by molar-refractivity contribution is -0.0498. The molecule has 0 saturated carbocycles. The summed E-state index contributed by atoms with van der Waals surface area (Å²) in [4.78, 5) is 0. The molecule has 17 heavy (non-hydrogen) atoms. The minimum atomic E-state index is -2.78. The topological polar surface area (TPSA) is 35.2 Å². The number of nitrogens with two attached hydrogens (primary N) is 1. The van der Waals surface area contributed by atoms with Crippen LogP contribution in [0.25, 0.3) is 0 Å². The van der Waals surface area contributed by atoms with Gasteiger partial charge in [0.2, 0.25) is 0 Å². The van der Waals surface area contributed by atoms with Gasteiger partial charge in [0.15, 0.2) is 0 Å². The average molecular weight is 243 g/mol. The molecule has 0 aliphatic heterocycles. The summed E-state index contributed by atoms with van der Waals surface area (Å²) < 4.78 is 28.2. The molecule has 2 N–H and O–H groups in total. The molecule has 1 rings (SSSR count). The summed E-state index contributed by atoms with van der Waals surface area (Å²) in [7, 11) is 0. The minimum absolute atomic E-state index is 0.0435. The van der Waals surface area contributed by atoms with Crippen molar-refractivity contribution >= 4 is 0 Å². The van der Waals surface area contributed by atoms with Crippen molar-refractivity contribution in [2.24, 2.45) is 11.7 Å². The Morgan fingerprint density at radius 1 is 1.12 bits per heavy atom. The van der Waals surface area contributed by atoms with Crippen LogP contribution < -0.4 is 10.5 Å². The van der Waals surface area contributed by atoms with E-state index in [9.17, 15) is 8.78 Å². The molecule has 0 unspecified atom stereocenters. The molecule has 96 valence electrons. The largest absolute Gasteiger partial charge is 0.435 e. The van der Waals surface area contributed by atoms with Gasteiger partial charge in [-0.2, -0.15) is 8.78 Å². The van der Waals surface area contributed by atoms with E-state index in [0.29, 0.717) is 5.92 Å². The smallest absolute Gasteiger partial charge is 0.387 e. The zero-order valence-corrected chi connectivity index (χ0v) is 10.2. The van der Waals surface area contributed by atoms with E-state index in [1.807, 2.05) is 0 Å². The highest BCUT2D eigenvalue weighted by molar-refractivity contribution is 5.29. The summed E-state index contributed by atoms with van der Waals surface area (Å²) in [6, 6.07) is 6.48. The number of hydrogen-bond donors (Lipinski definition) is 1. The first-order valence-corrected chi connectivity index (χ1v) is 5.79. The maximum absolute atomic E-state index is 11.9. The van der Waals surface area contributed by atoms with Gasteiger partial charge < -0.3 is 10.5 Å². The van der Waals surface area contributed by atoms with Crippen LogP contribution in [-0.4, -0.2) is 6.61 Å². The number of rotatable bonds is 6. The van der Waals surface area contributed by atoms with Crippen LogP contribution in [0, 0.1) is 5.92 Å². The summed E-state index contributed by atoms with van der Waals surface area (Å²) in [6.45, 7) is 1.51. The first-order chi connectivity index (χ1) is 7.99. The third-order valence-corrected chi connectivity index (χ3v) is 2.59. The Bertz CT molecular complexity index is 325. The number of halogens is 2. The molecular weight excluding hydrogens is 224 g/mol. The molecule has 0 spiro atoms. The predicted octanol–water partition coefficient (Wildman–Crippen LogP) is 3.72. The zero-order valence-electron chi connectivity index (χ0n) is 10.2. The van der Waals surface area contributed by atoms with Crippen molar-refractivity contribution in [3.63, 3.8) is 0 Å². The Labute approximate surface area is 101 Å². The van der Waals surface area contributed by atoms with Crippen molar-refractivity contribution < 1.29 is 13.5 Å². The average Bonchev–Trinajstić information content (AvgIpc) is 2.26. The van der Waals surface area contributed by atoms with Gasteiger partial charge in [-0.05, 0) is 36.5 Å². The van der Waals surface area contributed by atoms with Gasteiger partial charge in [0.1, 0.15) is 5.75 Å². The summed E-state index contributed by atoms with van der Waals surface area (Å²) in [5.74, 6) is 0.780. The van der Waals surface area contributed by atoms with Crippen molar-refractivity contribution in [3.8, 4) is 5.75 Å². The van der Waals surface area contributed by atoms with E-state index in [1.54, 1.807) is 12.1 Å². The van der Waals surface area contributed by atoms with E-state index < -0.39 is 6.61 Å². The molecule has 0 fully saturated rings. The van der Waals surface area contributed by atoms with Crippen LogP contribution in [0.4, 0.5) is 8.78 Å². The van der Waals surface area contributed by atoms with Crippen molar-refractivity contribution in [2.75, 3.05) is 0 Å². The Hall–Kier alpha value is -1.16. The van der Waals surface area contributed by atoms with Crippen molar-refractivity contribution in [3.05, 3.63) is 29.8 Å². The maximum Gasteiger partial charge on any atom is 0.387 e. The molecule has 0 saturated heterocycles. The van der Waals surface area contributed by atoms with E-state index >= 15 is 0 Å². The summed E-state index contributed by atoms with van der Waals surface area (Å²) in [5.41, 5.74) is 6.96. The molecule has 0 aliphatic rings. The van der Waals surface area contributed by atoms with Crippen molar-refractivity contribution in [2.45, 2.75) is 39.3 Å². The molecule has 0 radical (unpaired) electrons. The Morgan fingerprint density at radius 3 is 2.18 bits per heavy atom. The second kappa shape index (κ2) is 6.55. The van der Waals surface area contributed by atoms with Gasteiger partial charge >= 0.3 is 6.61 Å². The fourth-order valence-corrected chi connectivity index (χ4v) is 1.58. The van der Waals surface area contributed by atoms with Gasteiger partial charge in [-0.3, -0.25) is 0 Å². The Morgan fingerprint density at radius 2 is 1.71 bits per heavy atom. The molecule has 1 aromatic rings. The van der Waals surface area contributed by atoms with Crippen LogP contribution >= 0.6 is 0 Å². The lowest BCUT2D eigenvalue weighted by Crippen LogP contribution is -2.11. The van der Waals surface area contributed by atoms with E-state index in [4.69, 9.17) is 5.73 Å². The third-order valence-electron chi connectivity index (χ3n) is 2.59. The standard InChI is InChI=1S/C13H19F2NO/c1-9(2)3-8-12(16)10-4-6-11(7-5-10)17-13(14)15/h4-7,9,12-13H,3,8,16H2,1-2H3/t12-/m1/s1. The molecule has 1 atom stereocenters. The second-order valence-corrected chi connectivity index (χ2v) is 4.53. The number of hydrogen-bond acceptors (Lipinski definition) is 2. The summed E-state index contributed by atoms with van der Waals surface area (Å²) in [6.07, 6.45) is 1.95. The van der Waals surface area contributed by atoms with Gasteiger partial charge in [0.25, 0.3) is 0 Å². The molecule has 4 heteroatoms. The lowest BCUT2D eigenvalue weighted by Gasteiger charge is -2.14. The molecule has 0 aliphatic carbocycles. The molecule has 0 bridgehead atoms. The van der Waals surface area contributed by atoms with Crippen LogP contribution in [-0.2, 0) is 0 Å².